The molecule has 0 aromatic rings. The molecule has 1 saturated carbocycles. The molecule has 0 aliphatic heterocycles. The fourth-order valence-electron chi connectivity index (χ4n) is 1.12. The normalized spacial score (nSPS) is 32.2. The van der Waals surface area contributed by atoms with Crippen LogP contribution in [0.2, 0.25) is 0 Å². The maximum atomic E-state index is 10.1. The smallest absolute Gasteiger partial charge is 0.130 e. The number of hydrogen-bond donors (Lipinski definition) is 0. The summed E-state index contributed by atoms with van der Waals surface area (Å²) in [7, 11) is 0. The van der Waals surface area contributed by atoms with E-state index in [1.165, 1.54) is 0 Å². The molecule has 1 aliphatic carbocycles. The van der Waals surface area contributed by atoms with Gasteiger partial charge in [0.05, 0.1) is 5.92 Å². The zero-order valence-electron chi connectivity index (χ0n) is 5.41. The SMILES string of the molecule is CC1CC1C(C=O)C=O. The van der Waals surface area contributed by atoms with Crippen molar-refractivity contribution in [2.75, 3.05) is 0 Å². The highest BCUT2D eigenvalue weighted by molar-refractivity contribution is 5.78. The number of rotatable bonds is 3. The molecule has 0 bridgehead atoms. The van der Waals surface area contributed by atoms with Gasteiger partial charge < -0.3 is 9.59 Å². The Kier molecular flexibility index (Phi) is 1.65. The average Bonchev–Trinajstić information content (AvgIpc) is 2.51. The summed E-state index contributed by atoms with van der Waals surface area (Å²) in [6.07, 6.45) is 2.55. The van der Waals surface area contributed by atoms with Crippen molar-refractivity contribution < 1.29 is 9.59 Å². The van der Waals surface area contributed by atoms with Gasteiger partial charge in [-0.15, -0.1) is 0 Å². The van der Waals surface area contributed by atoms with Crippen molar-refractivity contribution in [1.29, 1.82) is 0 Å². The van der Waals surface area contributed by atoms with Crippen LogP contribution in [0, 0.1) is 17.8 Å². The molecule has 0 radical (unpaired) electrons. The standard InChI is InChI=1S/C7H10O2/c1-5-2-7(5)6(3-8)4-9/h3-7H,2H2,1H3. The van der Waals surface area contributed by atoms with Crippen LogP contribution >= 0.6 is 0 Å². The number of aldehydes is 2. The second kappa shape index (κ2) is 2.29. The van der Waals surface area contributed by atoms with E-state index in [1.54, 1.807) is 0 Å². The quantitative estimate of drug-likeness (QED) is 0.411. The van der Waals surface area contributed by atoms with E-state index in [0.29, 0.717) is 11.8 Å². The fourth-order valence-corrected chi connectivity index (χ4v) is 1.12. The molecule has 50 valence electrons. The highest BCUT2D eigenvalue weighted by Gasteiger charge is 2.38. The summed E-state index contributed by atoms with van der Waals surface area (Å²) in [6.45, 7) is 2.06. The van der Waals surface area contributed by atoms with Gasteiger partial charge >= 0.3 is 0 Å². The van der Waals surface area contributed by atoms with E-state index < -0.39 is 0 Å². The lowest BCUT2D eigenvalue weighted by molar-refractivity contribution is -0.120. The second-order valence-electron chi connectivity index (χ2n) is 2.73. The molecule has 2 nitrogen and oxygen atoms in total. The molecule has 2 atom stereocenters. The van der Waals surface area contributed by atoms with E-state index in [4.69, 9.17) is 0 Å². The van der Waals surface area contributed by atoms with Gasteiger partial charge in [0.15, 0.2) is 0 Å². The van der Waals surface area contributed by atoms with Crippen molar-refractivity contribution in [3.8, 4) is 0 Å². The second-order valence-corrected chi connectivity index (χ2v) is 2.73. The summed E-state index contributed by atoms with van der Waals surface area (Å²) >= 11 is 0. The summed E-state index contributed by atoms with van der Waals surface area (Å²) in [4.78, 5) is 20.3. The first-order chi connectivity index (χ1) is 4.29. The maximum Gasteiger partial charge on any atom is 0.130 e. The average molecular weight is 126 g/mol. The van der Waals surface area contributed by atoms with Crippen LogP contribution in [0.1, 0.15) is 13.3 Å². The Morgan fingerprint density at radius 3 is 2.00 bits per heavy atom. The van der Waals surface area contributed by atoms with Crippen molar-refractivity contribution in [1.82, 2.24) is 0 Å². The molecule has 0 aromatic carbocycles. The van der Waals surface area contributed by atoms with Crippen LogP contribution in [0.3, 0.4) is 0 Å². The third kappa shape index (κ3) is 1.18. The van der Waals surface area contributed by atoms with E-state index in [-0.39, 0.29) is 5.92 Å². The molecule has 2 unspecified atom stereocenters. The third-order valence-corrected chi connectivity index (χ3v) is 1.98. The summed E-state index contributed by atoms with van der Waals surface area (Å²) in [5.41, 5.74) is 0. The Morgan fingerprint density at radius 1 is 1.44 bits per heavy atom. The third-order valence-electron chi connectivity index (χ3n) is 1.98. The fraction of sp³-hybridized carbons (Fsp3) is 0.714. The van der Waals surface area contributed by atoms with Crippen molar-refractivity contribution in [3.05, 3.63) is 0 Å². The van der Waals surface area contributed by atoms with E-state index in [1.807, 2.05) is 0 Å². The molecule has 0 heterocycles. The van der Waals surface area contributed by atoms with Gasteiger partial charge in [0.1, 0.15) is 12.6 Å². The van der Waals surface area contributed by atoms with Crippen LogP contribution in [-0.4, -0.2) is 12.6 Å². The molecular weight excluding hydrogens is 116 g/mol. The Labute approximate surface area is 54.2 Å². The maximum absolute atomic E-state index is 10.1. The summed E-state index contributed by atoms with van der Waals surface area (Å²) in [5, 5.41) is 0. The summed E-state index contributed by atoms with van der Waals surface area (Å²) in [5.74, 6) is 0.630. The van der Waals surface area contributed by atoms with E-state index in [9.17, 15) is 9.59 Å². The highest BCUT2D eigenvalue weighted by Crippen LogP contribution is 2.42. The zero-order valence-corrected chi connectivity index (χ0v) is 5.41. The molecular formula is C7H10O2. The van der Waals surface area contributed by atoms with Crippen LogP contribution in [0.5, 0.6) is 0 Å². The van der Waals surface area contributed by atoms with Gasteiger partial charge in [0, 0.05) is 0 Å². The molecule has 0 aromatic heterocycles. The van der Waals surface area contributed by atoms with Gasteiger partial charge in [-0.2, -0.15) is 0 Å². The molecule has 0 saturated heterocycles. The Hall–Kier alpha value is -0.660. The van der Waals surface area contributed by atoms with E-state index >= 15 is 0 Å². The largest absolute Gasteiger partial charge is 0.303 e. The number of carbonyl (C=O) groups excluding carboxylic acids is 2. The van der Waals surface area contributed by atoms with Gasteiger partial charge in [-0.1, -0.05) is 6.92 Å². The van der Waals surface area contributed by atoms with Crippen molar-refractivity contribution in [2.45, 2.75) is 13.3 Å². The zero-order chi connectivity index (χ0) is 6.85. The lowest BCUT2D eigenvalue weighted by Crippen LogP contribution is -2.06. The van der Waals surface area contributed by atoms with Crippen molar-refractivity contribution >= 4 is 12.6 Å². The van der Waals surface area contributed by atoms with Crippen LogP contribution in [0.4, 0.5) is 0 Å². The molecule has 1 fully saturated rings. The van der Waals surface area contributed by atoms with Gasteiger partial charge in [-0.05, 0) is 18.3 Å². The number of carbonyl (C=O) groups is 2. The minimum absolute atomic E-state index is 0.319. The lowest BCUT2D eigenvalue weighted by Gasteiger charge is -1.94. The van der Waals surface area contributed by atoms with Crippen LogP contribution in [-0.2, 0) is 9.59 Å². The topological polar surface area (TPSA) is 34.1 Å². The van der Waals surface area contributed by atoms with Crippen LogP contribution < -0.4 is 0 Å². The molecule has 1 rings (SSSR count). The predicted molar refractivity (Wildman–Crippen MR) is 32.9 cm³/mol. The minimum atomic E-state index is -0.319. The molecule has 0 N–H and O–H groups in total. The predicted octanol–water partition coefficient (Wildman–Crippen LogP) is 0.656. The van der Waals surface area contributed by atoms with Crippen LogP contribution in [0.25, 0.3) is 0 Å². The van der Waals surface area contributed by atoms with Gasteiger partial charge in [0.25, 0.3) is 0 Å². The summed E-state index contributed by atoms with van der Waals surface area (Å²) < 4.78 is 0. The molecule has 0 spiro atoms. The number of hydrogen-bond acceptors (Lipinski definition) is 2. The summed E-state index contributed by atoms with van der Waals surface area (Å²) in [6, 6.07) is 0. The highest BCUT2D eigenvalue weighted by atomic mass is 16.1. The molecule has 9 heavy (non-hydrogen) atoms. The van der Waals surface area contributed by atoms with Crippen molar-refractivity contribution in [3.63, 3.8) is 0 Å². The molecule has 1 aliphatic rings. The molecule has 0 amide bonds. The molecule has 2 heteroatoms. The first kappa shape index (κ1) is 6.46. The van der Waals surface area contributed by atoms with Gasteiger partial charge in [-0.25, -0.2) is 0 Å². The Bertz CT molecular complexity index is 123. The van der Waals surface area contributed by atoms with Gasteiger partial charge in [0.2, 0.25) is 0 Å². The van der Waals surface area contributed by atoms with E-state index in [2.05, 4.69) is 6.92 Å². The Balaban J connectivity index is 2.39. The first-order valence-electron chi connectivity index (χ1n) is 3.20. The monoisotopic (exact) mass is 126 g/mol. The Morgan fingerprint density at radius 2 is 1.89 bits per heavy atom. The van der Waals surface area contributed by atoms with Gasteiger partial charge in [-0.3, -0.25) is 0 Å². The lowest BCUT2D eigenvalue weighted by atomic mass is 10.1. The first-order valence-corrected chi connectivity index (χ1v) is 3.20. The van der Waals surface area contributed by atoms with E-state index in [0.717, 1.165) is 19.0 Å². The minimum Gasteiger partial charge on any atom is -0.303 e. The van der Waals surface area contributed by atoms with Crippen LogP contribution in [0.15, 0.2) is 0 Å². The van der Waals surface area contributed by atoms with Crippen molar-refractivity contribution in [2.24, 2.45) is 17.8 Å².